The van der Waals surface area contributed by atoms with E-state index in [1.807, 2.05) is 17.9 Å². The maximum absolute atomic E-state index is 4.10. The first-order valence-corrected chi connectivity index (χ1v) is 7.60. The van der Waals surface area contributed by atoms with Crippen LogP contribution >= 0.6 is 0 Å². The molecule has 1 fully saturated rings. The monoisotopic (exact) mass is 280 g/mol. The van der Waals surface area contributed by atoms with Crippen LogP contribution in [0.1, 0.15) is 31.5 Å². The molecule has 6 nitrogen and oxygen atoms in total. The van der Waals surface area contributed by atoms with E-state index in [2.05, 4.69) is 46.4 Å². The van der Waals surface area contributed by atoms with Crippen molar-refractivity contribution in [3.05, 3.63) is 11.9 Å². The molecule has 114 valence electrons. The van der Waals surface area contributed by atoms with Crippen LogP contribution in [0, 0.1) is 0 Å². The van der Waals surface area contributed by atoms with Crippen molar-refractivity contribution >= 4 is 0 Å². The Labute approximate surface area is 122 Å². The lowest BCUT2D eigenvalue weighted by atomic mass is 10.0. The van der Waals surface area contributed by atoms with E-state index in [1.54, 1.807) is 0 Å². The molecular formula is C14H28N6. The number of hydrogen-bond acceptors (Lipinski definition) is 5. The van der Waals surface area contributed by atoms with Crippen molar-refractivity contribution in [3.8, 4) is 0 Å². The minimum absolute atomic E-state index is 0.278. The van der Waals surface area contributed by atoms with Gasteiger partial charge in [-0.2, -0.15) is 0 Å². The van der Waals surface area contributed by atoms with Gasteiger partial charge in [-0.05, 0) is 46.6 Å². The minimum Gasteiger partial charge on any atom is -0.307 e. The quantitative estimate of drug-likeness (QED) is 0.851. The largest absolute Gasteiger partial charge is 0.307 e. The first kappa shape index (κ1) is 15.4. The number of likely N-dealkylation sites (N-methyl/N-ethyl adjacent to an activating group) is 2. The van der Waals surface area contributed by atoms with Crippen molar-refractivity contribution in [2.45, 2.75) is 31.8 Å². The van der Waals surface area contributed by atoms with Gasteiger partial charge < -0.3 is 15.1 Å². The number of aromatic nitrogens is 3. The highest BCUT2D eigenvalue weighted by Crippen LogP contribution is 2.22. The lowest BCUT2D eigenvalue weighted by Crippen LogP contribution is -2.47. The van der Waals surface area contributed by atoms with Crippen molar-refractivity contribution in [1.29, 1.82) is 0 Å². The van der Waals surface area contributed by atoms with Crippen LogP contribution in [0.2, 0.25) is 0 Å². The molecule has 2 unspecified atom stereocenters. The van der Waals surface area contributed by atoms with Gasteiger partial charge in [0.15, 0.2) is 0 Å². The van der Waals surface area contributed by atoms with Crippen LogP contribution in [0.5, 0.6) is 0 Å². The third-order valence-electron chi connectivity index (χ3n) is 4.18. The molecule has 1 aromatic heterocycles. The molecule has 1 aromatic rings. The van der Waals surface area contributed by atoms with E-state index in [0.717, 1.165) is 26.1 Å². The summed E-state index contributed by atoms with van der Waals surface area (Å²) < 4.78 is 1.89. The highest BCUT2D eigenvalue weighted by molar-refractivity contribution is 5.07. The van der Waals surface area contributed by atoms with Crippen LogP contribution in [0.4, 0.5) is 0 Å². The molecule has 1 aliphatic rings. The molecule has 0 amide bonds. The molecule has 0 aliphatic carbocycles. The number of hydrogen-bond donors (Lipinski definition) is 1. The zero-order valence-corrected chi connectivity index (χ0v) is 13.2. The number of aryl methyl sites for hydroxylation is 1. The third-order valence-corrected chi connectivity index (χ3v) is 4.18. The van der Waals surface area contributed by atoms with E-state index >= 15 is 0 Å². The maximum Gasteiger partial charge on any atom is 0.0769 e. The summed E-state index contributed by atoms with van der Waals surface area (Å²) >= 11 is 0. The highest BCUT2D eigenvalue weighted by atomic mass is 15.4. The lowest BCUT2D eigenvalue weighted by Gasteiger charge is -2.35. The van der Waals surface area contributed by atoms with Gasteiger partial charge in [0.25, 0.3) is 0 Å². The first-order valence-electron chi connectivity index (χ1n) is 7.60. The van der Waals surface area contributed by atoms with Gasteiger partial charge in [-0.1, -0.05) is 12.1 Å². The molecular weight excluding hydrogens is 252 g/mol. The molecule has 0 aromatic carbocycles. The molecule has 2 atom stereocenters. The van der Waals surface area contributed by atoms with Gasteiger partial charge in [0.2, 0.25) is 0 Å². The zero-order valence-electron chi connectivity index (χ0n) is 13.2. The fourth-order valence-corrected chi connectivity index (χ4v) is 2.98. The van der Waals surface area contributed by atoms with Crippen LogP contribution in [0.25, 0.3) is 0 Å². The molecule has 0 saturated carbocycles. The Hall–Kier alpha value is -0.980. The van der Waals surface area contributed by atoms with Gasteiger partial charge in [0.05, 0.1) is 17.9 Å². The van der Waals surface area contributed by atoms with Crippen molar-refractivity contribution in [2.75, 3.05) is 40.3 Å². The summed E-state index contributed by atoms with van der Waals surface area (Å²) in [7, 11) is 6.42. The van der Waals surface area contributed by atoms with Gasteiger partial charge in [0.1, 0.15) is 0 Å². The van der Waals surface area contributed by atoms with Crippen LogP contribution in [0.15, 0.2) is 6.20 Å². The molecule has 1 saturated heterocycles. The van der Waals surface area contributed by atoms with E-state index in [9.17, 15) is 0 Å². The molecule has 2 heterocycles. The number of nitrogens with one attached hydrogen (secondary N) is 1. The van der Waals surface area contributed by atoms with E-state index < -0.39 is 0 Å². The van der Waals surface area contributed by atoms with Gasteiger partial charge in [-0.15, -0.1) is 5.10 Å². The van der Waals surface area contributed by atoms with Gasteiger partial charge in [-0.25, -0.2) is 0 Å². The van der Waals surface area contributed by atoms with Gasteiger partial charge in [0, 0.05) is 19.6 Å². The number of nitrogens with zero attached hydrogens (tertiary/aromatic N) is 5. The molecule has 1 aliphatic heterocycles. The van der Waals surface area contributed by atoms with E-state index in [1.165, 1.54) is 18.7 Å². The lowest BCUT2D eigenvalue weighted by molar-refractivity contribution is 0.174. The van der Waals surface area contributed by atoms with Gasteiger partial charge in [-0.3, -0.25) is 4.68 Å². The molecule has 0 bridgehead atoms. The van der Waals surface area contributed by atoms with Crippen LogP contribution in [0.3, 0.4) is 0 Å². The second kappa shape index (κ2) is 7.15. The molecule has 1 N–H and O–H groups in total. The summed E-state index contributed by atoms with van der Waals surface area (Å²) in [4.78, 5) is 4.91. The first-order chi connectivity index (χ1) is 9.63. The Bertz CT molecular complexity index is 404. The summed E-state index contributed by atoms with van der Waals surface area (Å²) in [5.41, 5.74) is 1.17. The maximum atomic E-state index is 4.10. The van der Waals surface area contributed by atoms with E-state index in [0.29, 0.717) is 6.04 Å². The average molecular weight is 280 g/mol. The van der Waals surface area contributed by atoms with Gasteiger partial charge >= 0.3 is 0 Å². The predicted octanol–water partition coefficient (Wildman–Crippen LogP) is 0.492. The minimum atomic E-state index is 0.278. The Morgan fingerprint density at radius 3 is 2.80 bits per heavy atom. The van der Waals surface area contributed by atoms with Crippen molar-refractivity contribution < 1.29 is 0 Å². The fourth-order valence-electron chi connectivity index (χ4n) is 2.98. The molecule has 0 radical (unpaired) electrons. The summed E-state index contributed by atoms with van der Waals surface area (Å²) in [6.07, 6.45) is 4.26. The highest BCUT2D eigenvalue weighted by Gasteiger charge is 2.31. The Morgan fingerprint density at radius 1 is 1.35 bits per heavy atom. The Kier molecular flexibility index (Phi) is 5.51. The Balaban J connectivity index is 2.22. The molecule has 2 rings (SSSR count). The normalized spacial score (nSPS) is 23.7. The topological polar surface area (TPSA) is 49.2 Å². The average Bonchev–Trinajstić information content (AvgIpc) is 2.76. The smallest absolute Gasteiger partial charge is 0.0769 e. The second-order valence-electron chi connectivity index (χ2n) is 5.88. The van der Waals surface area contributed by atoms with Crippen molar-refractivity contribution in [3.63, 3.8) is 0 Å². The van der Waals surface area contributed by atoms with Crippen LogP contribution < -0.4 is 5.32 Å². The summed E-state index contributed by atoms with van der Waals surface area (Å²) in [5, 5.41) is 11.8. The van der Waals surface area contributed by atoms with Crippen molar-refractivity contribution in [2.24, 2.45) is 7.05 Å². The van der Waals surface area contributed by atoms with Crippen molar-refractivity contribution in [1.82, 2.24) is 30.1 Å². The van der Waals surface area contributed by atoms with Crippen LogP contribution in [-0.2, 0) is 7.05 Å². The molecule has 0 spiro atoms. The third kappa shape index (κ3) is 3.56. The predicted molar refractivity (Wildman–Crippen MR) is 80.6 cm³/mol. The molecule has 6 heteroatoms. The summed E-state index contributed by atoms with van der Waals surface area (Å²) in [6.45, 7) is 6.61. The summed E-state index contributed by atoms with van der Waals surface area (Å²) in [5.74, 6) is 0. The van der Waals surface area contributed by atoms with E-state index in [-0.39, 0.29) is 6.04 Å². The standard InChI is InChI=1S/C14H28N6/c1-5-7-15-14(12-10-16-17-20(12)4)13-11-18(2)8-6-9-19(13)3/h10,13-15H,5-9,11H2,1-4H3. The zero-order chi connectivity index (χ0) is 14.5. The Morgan fingerprint density at radius 2 is 2.15 bits per heavy atom. The number of rotatable bonds is 5. The SMILES string of the molecule is CCCNC(c1cnnn1C)C1CN(C)CCCN1C. The van der Waals surface area contributed by atoms with Crippen LogP contribution in [-0.4, -0.2) is 71.1 Å². The second-order valence-corrected chi connectivity index (χ2v) is 5.88. The van der Waals surface area contributed by atoms with E-state index in [4.69, 9.17) is 0 Å². The summed E-state index contributed by atoms with van der Waals surface area (Å²) in [6, 6.07) is 0.728. The molecule has 20 heavy (non-hydrogen) atoms. The fraction of sp³-hybridized carbons (Fsp3) is 0.857.